The molecule has 0 aliphatic rings. The van der Waals surface area contributed by atoms with Crippen LogP contribution >= 0.6 is 0 Å². The number of nitrogens with two attached hydrogens (primary N) is 1. The minimum Gasteiger partial charge on any atom is -0.396 e. The Morgan fingerprint density at radius 2 is 2.46 bits per heavy atom. The number of carbonyl (C=O) groups excluding carboxylic acids is 1. The molecule has 5 nitrogen and oxygen atoms in total. The number of nitrogen functional groups attached to an aromatic ring is 1. The lowest BCUT2D eigenvalue weighted by molar-refractivity contribution is -0.120. The molecule has 3 N–H and O–H groups in total. The minimum absolute atomic E-state index is 0.00784. The van der Waals surface area contributed by atoms with Crippen molar-refractivity contribution in [2.45, 2.75) is 19.9 Å². The molecular weight excluding hydrogens is 168 g/mol. The molecule has 0 aliphatic carbocycles. The maximum absolute atomic E-state index is 10.9. The fourth-order valence-electron chi connectivity index (χ4n) is 1.02. The second-order valence-corrected chi connectivity index (χ2v) is 2.83. The van der Waals surface area contributed by atoms with Crippen molar-refractivity contribution in [3.63, 3.8) is 0 Å². The highest BCUT2D eigenvalue weighted by Crippen LogP contribution is 2.08. The zero-order valence-electron chi connectivity index (χ0n) is 7.87. The maximum Gasteiger partial charge on any atom is 0.221 e. The van der Waals surface area contributed by atoms with E-state index in [0.717, 1.165) is 5.69 Å². The fourth-order valence-corrected chi connectivity index (χ4v) is 1.02. The van der Waals surface area contributed by atoms with Gasteiger partial charge in [-0.1, -0.05) is 0 Å². The van der Waals surface area contributed by atoms with Crippen LogP contribution in [0.3, 0.4) is 0 Å². The predicted octanol–water partition coefficient (Wildman–Crippen LogP) is -0.0902. The van der Waals surface area contributed by atoms with E-state index in [2.05, 4.69) is 10.4 Å². The Morgan fingerprint density at radius 1 is 1.77 bits per heavy atom. The molecule has 0 spiro atoms. The first kappa shape index (κ1) is 9.57. The van der Waals surface area contributed by atoms with Crippen molar-refractivity contribution in [1.82, 2.24) is 15.1 Å². The Bertz CT molecular complexity index is 305. The number of amides is 1. The van der Waals surface area contributed by atoms with Crippen molar-refractivity contribution >= 4 is 11.6 Å². The Hall–Kier alpha value is -1.52. The smallest absolute Gasteiger partial charge is 0.221 e. The topological polar surface area (TPSA) is 72.9 Å². The highest BCUT2D eigenvalue weighted by atomic mass is 16.1. The van der Waals surface area contributed by atoms with Gasteiger partial charge in [0.2, 0.25) is 5.91 Å². The average molecular weight is 182 g/mol. The molecule has 1 rings (SSSR count). The molecule has 0 saturated heterocycles. The summed E-state index contributed by atoms with van der Waals surface area (Å²) in [6, 6.07) is 0. The summed E-state index contributed by atoms with van der Waals surface area (Å²) in [4.78, 5) is 10.9. The normalized spacial score (nSPS) is 10.0. The Kier molecular flexibility index (Phi) is 2.89. The molecule has 5 heteroatoms. The highest BCUT2D eigenvalue weighted by molar-refractivity contribution is 5.75. The van der Waals surface area contributed by atoms with E-state index >= 15 is 0 Å². The summed E-state index contributed by atoms with van der Waals surface area (Å²) < 4.78 is 1.73. The van der Waals surface area contributed by atoms with Gasteiger partial charge in [-0.15, -0.1) is 0 Å². The first-order valence-corrected chi connectivity index (χ1v) is 4.13. The molecular formula is C8H14N4O. The summed E-state index contributed by atoms with van der Waals surface area (Å²) in [5, 5.41) is 6.58. The molecule has 0 aromatic carbocycles. The van der Waals surface area contributed by atoms with Crippen molar-refractivity contribution < 1.29 is 4.79 Å². The molecule has 1 amide bonds. The number of nitrogens with one attached hydrogen (secondary N) is 1. The van der Waals surface area contributed by atoms with Gasteiger partial charge < -0.3 is 11.1 Å². The van der Waals surface area contributed by atoms with Crippen LogP contribution in [0.1, 0.15) is 12.1 Å². The second kappa shape index (κ2) is 3.93. The molecule has 0 fully saturated rings. The van der Waals surface area contributed by atoms with E-state index in [4.69, 9.17) is 5.73 Å². The zero-order chi connectivity index (χ0) is 9.84. The summed E-state index contributed by atoms with van der Waals surface area (Å²) in [6.07, 6.45) is 2.03. The average Bonchev–Trinajstić information content (AvgIpc) is 2.44. The third-order valence-electron chi connectivity index (χ3n) is 1.97. The summed E-state index contributed by atoms with van der Waals surface area (Å²) in [7, 11) is 1.62. The quantitative estimate of drug-likeness (QED) is 0.686. The van der Waals surface area contributed by atoms with Crippen molar-refractivity contribution in [1.29, 1.82) is 0 Å². The van der Waals surface area contributed by atoms with E-state index < -0.39 is 0 Å². The number of anilines is 1. The van der Waals surface area contributed by atoms with Crippen LogP contribution in [-0.2, 0) is 11.3 Å². The molecule has 0 radical (unpaired) electrons. The van der Waals surface area contributed by atoms with Crippen LogP contribution in [0.5, 0.6) is 0 Å². The lowest BCUT2D eigenvalue weighted by Crippen LogP contribution is -2.20. The number of hydrogen-bond acceptors (Lipinski definition) is 3. The van der Waals surface area contributed by atoms with Crippen molar-refractivity contribution in [2.24, 2.45) is 0 Å². The molecule has 0 atom stereocenters. The van der Waals surface area contributed by atoms with Crippen LogP contribution in [0.25, 0.3) is 0 Å². The third-order valence-corrected chi connectivity index (χ3v) is 1.97. The van der Waals surface area contributed by atoms with E-state index in [1.54, 1.807) is 17.9 Å². The SMILES string of the molecule is CNC(=O)CCn1ncc(N)c1C. The predicted molar refractivity (Wildman–Crippen MR) is 50.1 cm³/mol. The van der Waals surface area contributed by atoms with Gasteiger partial charge in [-0.05, 0) is 6.92 Å². The second-order valence-electron chi connectivity index (χ2n) is 2.83. The largest absolute Gasteiger partial charge is 0.396 e. The first-order valence-electron chi connectivity index (χ1n) is 4.13. The van der Waals surface area contributed by atoms with Gasteiger partial charge in [0.25, 0.3) is 0 Å². The van der Waals surface area contributed by atoms with Crippen LogP contribution in [0, 0.1) is 6.92 Å². The Morgan fingerprint density at radius 3 is 2.92 bits per heavy atom. The molecule has 0 bridgehead atoms. The summed E-state index contributed by atoms with van der Waals surface area (Å²) in [6.45, 7) is 2.45. The van der Waals surface area contributed by atoms with Crippen molar-refractivity contribution in [2.75, 3.05) is 12.8 Å². The number of rotatable bonds is 3. The molecule has 13 heavy (non-hydrogen) atoms. The highest BCUT2D eigenvalue weighted by Gasteiger charge is 2.04. The Balaban J connectivity index is 2.55. The summed E-state index contributed by atoms with van der Waals surface area (Å²) in [5.74, 6) is 0.00784. The van der Waals surface area contributed by atoms with Gasteiger partial charge in [0.15, 0.2) is 0 Å². The summed E-state index contributed by atoms with van der Waals surface area (Å²) >= 11 is 0. The first-order chi connectivity index (χ1) is 6.15. The zero-order valence-corrected chi connectivity index (χ0v) is 7.87. The van der Waals surface area contributed by atoms with Crippen LogP contribution in [0.2, 0.25) is 0 Å². The number of aromatic nitrogens is 2. The van der Waals surface area contributed by atoms with Crippen LogP contribution in [0.4, 0.5) is 5.69 Å². The van der Waals surface area contributed by atoms with Gasteiger partial charge in [-0.2, -0.15) is 5.10 Å². The number of aryl methyl sites for hydroxylation is 1. The van der Waals surface area contributed by atoms with Gasteiger partial charge in [0.1, 0.15) is 0 Å². The minimum atomic E-state index is 0.00784. The van der Waals surface area contributed by atoms with E-state index in [1.165, 1.54) is 0 Å². The van der Waals surface area contributed by atoms with Crippen LogP contribution in [-0.4, -0.2) is 22.7 Å². The Labute approximate surface area is 76.9 Å². The monoisotopic (exact) mass is 182 g/mol. The van der Waals surface area contributed by atoms with Crippen LogP contribution in [0.15, 0.2) is 6.20 Å². The van der Waals surface area contributed by atoms with Gasteiger partial charge in [0.05, 0.1) is 24.1 Å². The molecule has 0 aliphatic heterocycles. The number of carbonyl (C=O) groups is 1. The molecule has 1 aromatic heterocycles. The van der Waals surface area contributed by atoms with E-state index in [9.17, 15) is 4.79 Å². The lowest BCUT2D eigenvalue weighted by Gasteiger charge is -2.03. The van der Waals surface area contributed by atoms with E-state index in [0.29, 0.717) is 18.7 Å². The van der Waals surface area contributed by atoms with Crippen molar-refractivity contribution in [3.8, 4) is 0 Å². The molecule has 1 aromatic rings. The van der Waals surface area contributed by atoms with E-state index in [-0.39, 0.29) is 5.91 Å². The molecule has 0 saturated carbocycles. The van der Waals surface area contributed by atoms with Crippen LogP contribution < -0.4 is 11.1 Å². The fraction of sp³-hybridized carbons (Fsp3) is 0.500. The number of hydrogen-bond donors (Lipinski definition) is 2. The lowest BCUT2D eigenvalue weighted by atomic mass is 10.3. The molecule has 72 valence electrons. The van der Waals surface area contributed by atoms with Gasteiger partial charge >= 0.3 is 0 Å². The van der Waals surface area contributed by atoms with E-state index in [1.807, 2.05) is 6.92 Å². The van der Waals surface area contributed by atoms with Gasteiger partial charge in [0, 0.05) is 13.5 Å². The van der Waals surface area contributed by atoms with Gasteiger partial charge in [-0.25, -0.2) is 0 Å². The maximum atomic E-state index is 10.9. The van der Waals surface area contributed by atoms with Gasteiger partial charge in [-0.3, -0.25) is 9.48 Å². The molecule has 0 unspecified atom stereocenters. The summed E-state index contributed by atoms with van der Waals surface area (Å²) in [5.41, 5.74) is 7.17. The standard InChI is InChI=1S/C8H14N4O/c1-6-7(9)5-11-12(6)4-3-8(13)10-2/h5H,3-4,9H2,1-2H3,(H,10,13). The third kappa shape index (κ3) is 2.21. The van der Waals surface area contributed by atoms with Crippen molar-refractivity contribution in [3.05, 3.63) is 11.9 Å². The molecule has 1 heterocycles. The number of nitrogens with zero attached hydrogens (tertiary/aromatic N) is 2.